The van der Waals surface area contributed by atoms with Gasteiger partial charge in [-0.2, -0.15) is 0 Å². The molecule has 0 saturated heterocycles. The summed E-state index contributed by atoms with van der Waals surface area (Å²) in [6.07, 6.45) is 16.0. The molecule has 25 heavy (non-hydrogen) atoms. The number of amides is 1. The quantitative estimate of drug-likeness (QED) is 0.297. The molecule has 1 N–H and O–H groups in total. The number of allylic oxidation sites excluding steroid dienone is 2. The number of carbonyl (C=O) groups is 2. The van der Waals surface area contributed by atoms with Crippen LogP contribution >= 0.6 is 0 Å². The molecule has 0 spiro atoms. The molecule has 0 aromatic rings. The van der Waals surface area contributed by atoms with E-state index in [0.717, 1.165) is 6.42 Å². The predicted molar refractivity (Wildman–Crippen MR) is 105 cm³/mol. The van der Waals surface area contributed by atoms with Crippen molar-refractivity contribution in [2.75, 3.05) is 13.1 Å². The summed E-state index contributed by atoms with van der Waals surface area (Å²) in [5, 5.41) is 9.31. The lowest BCUT2D eigenvalue weighted by molar-refractivity contribution is -0.145. The van der Waals surface area contributed by atoms with E-state index in [4.69, 9.17) is 0 Å². The Kier molecular flexibility index (Phi) is 15.3. The highest BCUT2D eigenvalue weighted by atomic mass is 16.4. The van der Waals surface area contributed by atoms with Crippen molar-refractivity contribution in [3.05, 3.63) is 12.2 Å². The van der Waals surface area contributed by atoms with Crippen LogP contribution in [-0.4, -0.2) is 35.0 Å². The van der Waals surface area contributed by atoms with Gasteiger partial charge in [-0.15, -0.1) is 0 Å². The Balaban J connectivity index is 3.90. The van der Waals surface area contributed by atoms with E-state index in [9.17, 15) is 14.7 Å². The van der Waals surface area contributed by atoms with Crippen molar-refractivity contribution < 1.29 is 14.7 Å². The summed E-state index contributed by atoms with van der Waals surface area (Å²) in [5.74, 6) is -1.55. The highest BCUT2D eigenvalue weighted by Gasteiger charge is 2.22. The zero-order valence-corrected chi connectivity index (χ0v) is 16.6. The Morgan fingerprint density at radius 2 is 1.44 bits per heavy atom. The van der Waals surface area contributed by atoms with Gasteiger partial charge in [0.2, 0.25) is 5.91 Å². The predicted octanol–water partition coefficient (Wildman–Crippen LogP) is 5.42. The number of aliphatic carboxylic acids is 1. The second-order valence-electron chi connectivity index (χ2n) is 6.78. The van der Waals surface area contributed by atoms with Crippen molar-refractivity contribution in [2.45, 2.75) is 91.4 Å². The minimum atomic E-state index is -0.878. The summed E-state index contributed by atoms with van der Waals surface area (Å²) in [7, 11) is 0. The van der Waals surface area contributed by atoms with Gasteiger partial charge in [0.15, 0.2) is 0 Å². The zero-order chi connectivity index (χ0) is 18.9. The monoisotopic (exact) mass is 353 g/mol. The molecule has 0 aromatic heterocycles. The molecule has 0 radical (unpaired) electrons. The van der Waals surface area contributed by atoms with Gasteiger partial charge in [0.25, 0.3) is 0 Å². The fraction of sp³-hybridized carbons (Fsp3) is 0.810. The van der Waals surface area contributed by atoms with Gasteiger partial charge in [-0.05, 0) is 33.1 Å². The number of carboxylic acids is 1. The van der Waals surface area contributed by atoms with E-state index in [-0.39, 0.29) is 12.3 Å². The van der Waals surface area contributed by atoms with Crippen LogP contribution in [0.3, 0.4) is 0 Å². The Hall–Kier alpha value is -1.32. The average molecular weight is 354 g/mol. The Bertz CT molecular complexity index is 375. The molecule has 0 aromatic carbocycles. The molecule has 4 nitrogen and oxygen atoms in total. The molecule has 0 bridgehead atoms. The maximum absolute atomic E-state index is 12.1. The third-order valence-corrected chi connectivity index (χ3v) is 4.70. The second-order valence-corrected chi connectivity index (χ2v) is 6.78. The van der Waals surface area contributed by atoms with E-state index in [0.29, 0.717) is 19.5 Å². The number of hydrogen-bond donors (Lipinski definition) is 1. The van der Waals surface area contributed by atoms with Gasteiger partial charge in [-0.25, -0.2) is 0 Å². The first-order chi connectivity index (χ1) is 12.1. The van der Waals surface area contributed by atoms with Crippen molar-refractivity contribution in [3.8, 4) is 0 Å². The lowest BCUT2D eigenvalue weighted by atomic mass is 10.00. The fourth-order valence-corrected chi connectivity index (χ4v) is 2.96. The lowest BCUT2D eigenvalue weighted by Gasteiger charge is -2.20. The molecule has 0 aliphatic rings. The van der Waals surface area contributed by atoms with Crippen LogP contribution in [0.15, 0.2) is 12.2 Å². The minimum Gasteiger partial charge on any atom is -0.481 e. The van der Waals surface area contributed by atoms with Crippen molar-refractivity contribution in [1.82, 2.24) is 4.90 Å². The molecule has 0 heterocycles. The average Bonchev–Trinajstić information content (AvgIpc) is 2.59. The molecule has 0 aliphatic carbocycles. The van der Waals surface area contributed by atoms with Crippen molar-refractivity contribution in [1.29, 1.82) is 0 Å². The molecule has 0 aliphatic heterocycles. The second kappa shape index (κ2) is 16.2. The number of carboxylic acid groups (broad SMARTS) is 1. The number of hydrogen-bond acceptors (Lipinski definition) is 2. The third-order valence-electron chi connectivity index (χ3n) is 4.70. The van der Waals surface area contributed by atoms with Crippen LogP contribution < -0.4 is 0 Å². The standard InChI is InChI=1S/C21H39NO3/c1-4-7-8-9-10-11-12-13-14-15-16-17-19(21(24)25)18-20(23)22(5-2)6-3/h15-16,19H,4-14,17-18H2,1-3H3,(H,24,25)/b16-15+. The van der Waals surface area contributed by atoms with Crippen LogP contribution in [0.4, 0.5) is 0 Å². The molecular weight excluding hydrogens is 314 g/mol. The molecule has 0 saturated carbocycles. The van der Waals surface area contributed by atoms with Crippen LogP contribution in [0.2, 0.25) is 0 Å². The lowest BCUT2D eigenvalue weighted by Crippen LogP contribution is -2.33. The van der Waals surface area contributed by atoms with Crippen LogP contribution in [0.5, 0.6) is 0 Å². The van der Waals surface area contributed by atoms with E-state index >= 15 is 0 Å². The highest BCUT2D eigenvalue weighted by molar-refractivity contribution is 5.82. The molecular formula is C21H39NO3. The summed E-state index contributed by atoms with van der Waals surface area (Å²) in [5.41, 5.74) is 0. The van der Waals surface area contributed by atoms with E-state index in [2.05, 4.69) is 13.0 Å². The maximum Gasteiger partial charge on any atom is 0.307 e. The van der Waals surface area contributed by atoms with E-state index < -0.39 is 11.9 Å². The smallest absolute Gasteiger partial charge is 0.307 e. The number of carbonyl (C=O) groups excluding carboxylic acids is 1. The van der Waals surface area contributed by atoms with E-state index in [1.807, 2.05) is 19.9 Å². The number of nitrogens with zero attached hydrogens (tertiary/aromatic N) is 1. The minimum absolute atomic E-state index is 0.0612. The normalized spacial score (nSPS) is 12.4. The van der Waals surface area contributed by atoms with Gasteiger partial charge in [0.05, 0.1) is 5.92 Å². The van der Waals surface area contributed by atoms with Crippen LogP contribution in [0, 0.1) is 5.92 Å². The molecule has 1 amide bonds. The zero-order valence-electron chi connectivity index (χ0n) is 16.6. The summed E-state index contributed by atoms with van der Waals surface area (Å²) in [6.45, 7) is 7.34. The molecule has 4 heteroatoms. The largest absolute Gasteiger partial charge is 0.481 e. The van der Waals surface area contributed by atoms with E-state index in [1.54, 1.807) is 4.90 Å². The molecule has 1 atom stereocenters. The Morgan fingerprint density at radius 1 is 0.880 bits per heavy atom. The number of rotatable bonds is 16. The summed E-state index contributed by atoms with van der Waals surface area (Å²) >= 11 is 0. The SMILES string of the molecule is CCCCCCCCCC/C=C/CC(CC(=O)N(CC)CC)C(=O)O. The first-order valence-electron chi connectivity index (χ1n) is 10.2. The van der Waals surface area contributed by atoms with Gasteiger partial charge in [0, 0.05) is 19.5 Å². The number of unbranched alkanes of at least 4 members (excludes halogenated alkanes) is 8. The topological polar surface area (TPSA) is 57.6 Å². The maximum atomic E-state index is 12.1. The fourth-order valence-electron chi connectivity index (χ4n) is 2.96. The summed E-state index contributed by atoms with van der Waals surface area (Å²) < 4.78 is 0. The van der Waals surface area contributed by atoms with Gasteiger partial charge < -0.3 is 10.0 Å². The third kappa shape index (κ3) is 12.7. The molecule has 0 fully saturated rings. The van der Waals surface area contributed by atoms with Crippen LogP contribution in [0.1, 0.15) is 91.4 Å². The van der Waals surface area contributed by atoms with Gasteiger partial charge in [-0.1, -0.05) is 64.0 Å². The van der Waals surface area contributed by atoms with Crippen molar-refractivity contribution in [3.63, 3.8) is 0 Å². The van der Waals surface area contributed by atoms with Gasteiger partial charge >= 0.3 is 5.97 Å². The van der Waals surface area contributed by atoms with E-state index in [1.165, 1.54) is 51.4 Å². The highest BCUT2D eigenvalue weighted by Crippen LogP contribution is 2.14. The summed E-state index contributed by atoms with van der Waals surface area (Å²) in [4.78, 5) is 25.1. The van der Waals surface area contributed by atoms with Crippen LogP contribution in [0.25, 0.3) is 0 Å². The Morgan fingerprint density at radius 3 is 1.96 bits per heavy atom. The van der Waals surface area contributed by atoms with Crippen molar-refractivity contribution in [2.24, 2.45) is 5.92 Å². The van der Waals surface area contributed by atoms with Crippen LogP contribution in [-0.2, 0) is 9.59 Å². The van der Waals surface area contributed by atoms with Gasteiger partial charge in [-0.3, -0.25) is 9.59 Å². The van der Waals surface area contributed by atoms with Gasteiger partial charge in [0.1, 0.15) is 0 Å². The molecule has 0 rings (SSSR count). The summed E-state index contributed by atoms with van der Waals surface area (Å²) in [6, 6.07) is 0. The Labute approximate surface area is 154 Å². The first kappa shape index (κ1) is 23.7. The molecule has 1 unspecified atom stereocenters. The molecule has 146 valence electrons. The first-order valence-corrected chi connectivity index (χ1v) is 10.2. The van der Waals surface area contributed by atoms with Crippen molar-refractivity contribution >= 4 is 11.9 Å².